The SMILES string of the molecule is Cc1cc(C)cc(-n2nnc3c(=O)n(Cc4ccc(F)cc4)cnc32)c1. The predicted molar refractivity (Wildman–Crippen MR) is 95.9 cm³/mol. The molecule has 0 unspecified atom stereocenters. The molecule has 130 valence electrons. The summed E-state index contributed by atoms with van der Waals surface area (Å²) in [6.07, 6.45) is 1.47. The number of aryl methyl sites for hydroxylation is 2. The van der Waals surface area contributed by atoms with Gasteiger partial charge in [-0.05, 0) is 54.8 Å². The second-order valence-corrected chi connectivity index (χ2v) is 6.32. The third kappa shape index (κ3) is 2.88. The van der Waals surface area contributed by atoms with Crippen LogP contribution in [-0.4, -0.2) is 24.5 Å². The van der Waals surface area contributed by atoms with Crippen LogP contribution in [0.15, 0.2) is 53.6 Å². The van der Waals surface area contributed by atoms with E-state index in [9.17, 15) is 9.18 Å². The van der Waals surface area contributed by atoms with E-state index in [0.717, 1.165) is 22.4 Å². The Labute approximate surface area is 148 Å². The first kappa shape index (κ1) is 16.1. The minimum Gasteiger partial charge on any atom is -0.293 e. The van der Waals surface area contributed by atoms with Crippen LogP contribution < -0.4 is 5.56 Å². The molecule has 2 heterocycles. The van der Waals surface area contributed by atoms with Crippen LogP contribution in [0.25, 0.3) is 16.9 Å². The van der Waals surface area contributed by atoms with Crippen molar-refractivity contribution in [3.8, 4) is 5.69 Å². The molecule has 7 heteroatoms. The number of aromatic nitrogens is 5. The first-order valence-corrected chi connectivity index (χ1v) is 8.15. The standard InChI is InChI=1S/C19H16FN5O/c1-12-7-13(2)9-16(8-12)25-18-17(22-23-25)19(26)24(11-21-18)10-14-3-5-15(20)6-4-14/h3-9,11H,10H2,1-2H3. The monoisotopic (exact) mass is 349 g/mol. The molecule has 0 aliphatic rings. The fraction of sp³-hybridized carbons (Fsp3) is 0.158. The molecular formula is C19H16FN5O. The Bertz CT molecular complexity index is 1140. The molecule has 4 rings (SSSR count). The number of benzene rings is 2. The van der Waals surface area contributed by atoms with Crippen LogP contribution in [0.2, 0.25) is 0 Å². The maximum absolute atomic E-state index is 13.0. The highest BCUT2D eigenvalue weighted by Gasteiger charge is 2.14. The lowest BCUT2D eigenvalue weighted by molar-refractivity contribution is 0.626. The van der Waals surface area contributed by atoms with Crippen molar-refractivity contribution in [3.05, 3.63) is 81.7 Å². The van der Waals surface area contributed by atoms with Gasteiger partial charge in [-0.1, -0.05) is 23.4 Å². The second kappa shape index (κ2) is 6.18. The number of nitrogens with zero attached hydrogens (tertiary/aromatic N) is 5. The van der Waals surface area contributed by atoms with Crippen LogP contribution in [0.1, 0.15) is 16.7 Å². The van der Waals surface area contributed by atoms with E-state index in [1.807, 2.05) is 26.0 Å². The van der Waals surface area contributed by atoms with Gasteiger partial charge in [-0.3, -0.25) is 9.36 Å². The lowest BCUT2D eigenvalue weighted by Crippen LogP contribution is -2.21. The van der Waals surface area contributed by atoms with E-state index in [2.05, 4.69) is 21.4 Å². The topological polar surface area (TPSA) is 65.6 Å². The quantitative estimate of drug-likeness (QED) is 0.570. The van der Waals surface area contributed by atoms with Gasteiger partial charge >= 0.3 is 0 Å². The van der Waals surface area contributed by atoms with E-state index >= 15 is 0 Å². The molecule has 2 aromatic heterocycles. The van der Waals surface area contributed by atoms with Crippen LogP contribution in [0.5, 0.6) is 0 Å². The summed E-state index contributed by atoms with van der Waals surface area (Å²) in [5, 5.41) is 8.14. The van der Waals surface area contributed by atoms with Crippen molar-refractivity contribution in [2.24, 2.45) is 0 Å². The van der Waals surface area contributed by atoms with E-state index in [0.29, 0.717) is 12.2 Å². The first-order valence-electron chi connectivity index (χ1n) is 8.15. The van der Waals surface area contributed by atoms with Crippen LogP contribution in [0, 0.1) is 19.7 Å². The lowest BCUT2D eigenvalue weighted by atomic mass is 10.1. The Kier molecular flexibility index (Phi) is 3.84. The molecule has 6 nitrogen and oxygen atoms in total. The fourth-order valence-corrected chi connectivity index (χ4v) is 2.99. The van der Waals surface area contributed by atoms with Gasteiger partial charge in [0.2, 0.25) is 0 Å². The maximum Gasteiger partial charge on any atom is 0.283 e. The molecule has 0 bridgehead atoms. The van der Waals surface area contributed by atoms with E-state index in [-0.39, 0.29) is 16.9 Å². The average molecular weight is 349 g/mol. The van der Waals surface area contributed by atoms with Gasteiger partial charge in [0.25, 0.3) is 5.56 Å². The van der Waals surface area contributed by atoms with E-state index in [4.69, 9.17) is 0 Å². The highest BCUT2D eigenvalue weighted by Crippen LogP contribution is 2.16. The minimum atomic E-state index is -0.314. The average Bonchev–Trinajstić information content (AvgIpc) is 3.03. The lowest BCUT2D eigenvalue weighted by Gasteiger charge is -2.07. The van der Waals surface area contributed by atoms with Gasteiger partial charge in [0.1, 0.15) is 12.1 Å². The van der Waals surface area contributed by atoms with Crippen molar-refractivity contribution in [1.82, 2.24) is 24.5 Å². The Balaban J connectivity index is 1.78. The number of fused-ring (bicyclic) bond motifs is 1. The van der Waals surface area contributed by atoms with Crippen molar-refractivity contribution in [1.29, 1.82) is 0 Å². The highest BCUT2D eigenvalue weighted by molar-refractivity contribution is 5.70. The van der Waals surface area contributed by atoms with Gasteiger partial charge < -0.3 is 0 Å². The van der Waals surface area contributed by atoms with Gasteiger partial charge in [-0.25, -0.2) is 9.37 Å². The third-order valence-corrected chi connectivity index (χ3v) is 4.15. The number of halogens is 1. The summed E-state index contributed by atoms with van der Waals surface area (Å²) in [5.41, 5.74) is 4.13. The summed E-state index contributed by atoms with van der Waals surface area (Å²) < 4.78 is 16.0. The summed E-state index contributed by atoms with van der Waals surface area (Å²) in [4.78, 5) is 17.1. The van der Waals surface area contributed by atoms with Crippen molar-refractivity contribution >= 4 is 11.2 Å². The van der Waals surface area contributed by atoms with E-state index in [1.54, 1.807) is 16.8 Å². The smallest absolute Gasteiger partial charge is 0.283 e. The second-order valence-electron chi connectivity index (χ2n) is 6.32. The maximum atomic E-state index is 13.0. The molecule has 4 aromatic rings. The molecule has 0 atom stereocenters. The van der Waals surface area contributed by atoms with Gasteiger partial charge in [-0.15, -0.1) is 5.10 Å². The van der Waals surface area contributed by atoms with Crippen molar-refractivity contribution in [3.63, 3.8) is 0 Å². The summed E-state index contributed by atoms with van der Waals surface area (Å²) in [6, 6.07) is 12.0. The largest absolute Gasteiger partial charge is 0.293 e. The Morgan fingerprint density at radius 1 is 1.04 bits per heavy atom. The van der Waals surface area contributed by atoms with Crippen molar-refractivity contribution < 1.29 is 4.39 Å². The molecule has 0 saturated carbocycles. The summed E-state index contributed by atoms with van der Waals surface area (Å²) in [5.74, 6) is -0.314. The Morgan fingerprint density at radius 2 is 1.73 bits per heavy atom. The summed E-state index contributed by atoms with van der Waals surface area (Å²) >= 11 is 0. The van der Waals surface area contributed by atoms with Crippen molar-refractivity contribution in [2.75, 3.05) is 0 Å². The fourth-order valence-electron chi connectivity index (χ4n) is 2.99. The van der Waals surface area contributed by atoms with Gasteiger partial charge in [0.05, 0.1) is 12.2 Å². The van der Waals surface area contributed by atoms with Gasteiger partial charge in [0.15, 0.2) is 11.2 Å². The molecule has 26 heavy (non-hydrogen) atoms. The van der Waals surface area contributed by atoms with Crippen LogP contribution in [0.4, 0.5) is 4.39 Å². The number of rotatable bonds is 3. The summed E-state index contributed by atoms with van der Waals surface area (Å²) in [6.45, 7) is 4.29. The zero-order valence-corrected chi connectivity index (χ0v) is 14.3. The van der Waals surface area contributed by atoms with E-state index < -0.39 is 0 Å². The van der Waals surface area contributed by atoms with Gasteiger partial charge in [0, 0.05) is 0 Å². The molecule has 0 N–H and O–H groups in total. The Morgan fingerprint density at radius 3 is 2.42 bits per heavy atom. The number of hydrogen-bond acceptors (Lipinski definition) is 4. The zero-order chi connectivity index (χ0) is 18.3. The molecule has 0 aliphatic heterocycles. The highest BCUT2D eigenvalue weighted by atomic mass is 19.1. The normalized spacial score (nSPS) is 11.2. The Hall–Kier alpha value is -3.35. The molecular weight excluding hydrogens is 333 g/mol. The van der Waals surface area contributed by atoms with Crippen LogP contribution in [0.3, 0.4) is 0 Å². The third-order valence-electron chi connectivity index (χ3n) is 4.15. The molecule has 0 spiro atoms. The molecule has 0 radical (unpaired) electrons. The first-order chi connectivity index (χ1) is 12.5. The van der Waals surface area contributed by atoms with Gasteiger partial charge in [-0.2, -0.15) is 4.68 Å². The molecule has 0 amide bonds. The number of hydrogen-bond donors (Lipinski definition) is 0. The zero-order valence-electron chi connectivity index (χ0n) is 14.3. The van der Waals surface area contributed by atoms with Crippen molar-refractivity contribution in [2.45, 2.75) is 20.4 Å². The molecule has 2 aromatic carbocycles. The molecule has 0 saturated heterocycles. The summed E-state index contributed by atoms with van der Waals surface area (Å²) in [7, 11) is 0. The minimum absolute atomic E-state index is 0.203. The van der Waals surface area contributed by atoms with Crippen LogP contribution >= 0.6 is 0 Å². The predicted octanol–water partition coefficient (Wildman–Crippen LogP) is 2.78. The molecule has 0 aliphatic carbocycles. The van der Waals surface area contributed by atoms with E-state index in [1.165, 1.54) is 23.0 Å². The molecule has 0 fully saturated rings. The van der Waals surface area contributed by atoms with Crippen LogP contribution in [-0.2, 0) is 6.54 Å².